The number of hydrogen-bond donors (Lipinski definition) is 0. The van der Waals surface area contributed by atoms with E-state index < -0.39 is 0 Å². The van der Waals surface area contributed by atoms with Gasteiger partial charge >= 0.3 is 26.6 Å². The van der Waals surface area contributed by atoms with Crippen molar-refractivity contribution in [3.05, 3.63) is 0 Å². The maximum atomic E-state index is 4.71. The van der Waals surface area contributed by atoms with E-state index in [2.05, 4.69) is 6.92 Å². The molecule has 0 amide bonds. The van der Waals surface area contributed by atoms with Crippen molar-refractivity contribution in [2.24, 2.45) is 0 Å². The molecule has 0 radical (unpaired) electrons. The van der Waals surface area contributed by atoms with Crippen molar-refractivity contribution < 1.29 is 4.74 Å². The molecule has 0 aliphatic carbocycles. The Bertz CT molecular complexity index is 26.1. The van der Waals surface area contributed by atoms with Crippen LogP contribution in [0.25, 0.3) is 0 Å². The Morgan fingerprint density at radius 1 is 1.80 bits per heavy atom. The Labute approximate surface area is 51.2 Å². The zero-order valence-corrected chi connectivity index (χ0v) is 7.08. The van der Waals surface area contributed by atoms with E-state index in [9.17, 15) is 0 Å². The second kappa shape index (κ2) is 2.11. The summed E-state index contributed by atoms with van der Waals surface area (Å²) in [6.45, 7) is 3.04. The third-order valence-electron chi connectivity index (χ3n) is 0.500. The quantitative estimate of drug-likeness (QED) is 0.540. The summed E-state index contributed by atoms with van der Waals surface area (Å²) >= 11 is 0. The fraction of sp³-hybridized carbons (Fsp3) is 1.00. The van der Waals surface area contributed by atoms with Gasteiger partial charge in [0, 0.05) is 0 Å². The van der Waals surface area contributed by atoms with Crippen molar-refractivity contribution in [1.29, 1.82) is 0 Å². The number of hydrogen-bond acceptors (Lipinski definition) is 1. The summed E-state index contributed by atoms with van der Waals surface area (Å²) in [5, 5.41) is 0. The van der Waals surface area contributed by atoms with Crippen molar-refractivity contribution in [3.63, 3.8) is 0 Å². The molecule has 1 fully saturated rings. The maximum absolute atomic E-state index is 4.71. The van der Waals surface area contributed by atoms with Crippen LogP contribution in [0.2, 0.25) is 0 Å². The van der Waals surface area contributed by atoms with Gasteiger partial charge in [0.15, 0.2) is 0 Å². The molecule has 1 atom stereocenters. The van der Waals surface area contributed by atoms with Crippen LogP contribution in [-0.2, 0) is 4.74 Å². The van der Waals surface area contributed by atoms with Crippen molar-refractivity contribution in [1.82, 2.24) is 0 Å². The summed E-state index contributed by atoms with van der Waals surface area (Å²) in [6, 6.07) is 0. The summed E-state index contributed by atoms with van der Waals surface area (Å²) in [5.41, 5.74) is 0. The van der Waals surface area contributed by atoms with E-state index in [4.69, 9.17) is 4.74 Å². The predicted octanol–water partition coefficient (Wildman–Crippen LogP) is -0.511. The second-order valence-electron chi connectivity index (χ2n) is 1.14. The monoisotopic (exact) mass is 269 g/mol. The summed E-state index contributed by atoms with van der Waals surface area (Å²) in [6.07, 6.45) is 0.583. The van der Waals surface area contributed by atoms with Crippen LogP contribution < -0.4 is 0 Å². The van der Waals surface area contributed by atoms with Crippen LogP contribution in [0.5, 0.6) is 0 Å². The molecule has 0 aromatic heterocycles. The molecule has 1 saturated heterocycles. The summed E-state index contributed by atoms with van der Waals surface area (Å²) < 4.78 is 4.71. The van der Waals surface area contributed by atoms with E-state index in [0.29, 0.717) is 6.10 Å². The van der Waals surface area contributed by atoms with Gasteiger partial charge in [0.25, 0.3) is 0 Å². The van der Waals surface area contributed by atoms with Crippen molar-refractivity contribution in [3.8, 4) is 0 Å². The third-order valence-corrected chi connectivity index (χ3v) is 0.500. The van der Waals surface area contributed by atoms with Crippen LogP contribution >= 0.6 is 0 Å². The van der Waals surface area contributed by atoms with E-state index in [1.54, 1.807) is 0 Å². The molecule has 1 rings (SSSR count). The van der Waals surface area contributed by atoms with Crippen molar-refractivity contribution in [2.75, 3.05) is 6.61 Å². The zero-order valence-electron chi connectivity index (χ0n) is 3.19. The molecule has 0 saturated carbocycles. The molecule has 5 heavy (non-hydrogen) atoms. The van der Waals surface area contributed by atoms with Crippen molar-refractivity contribution >= 4 is 26.6 Å². The normalized spacial score (nSPS) is 31.8. The SMILES string of the molecule is CC1CO1.[PoH2]. The molecular formula is C3H8OPo. The summed E-state index contributed by atoms with van der Waals surface area (Å²) in [4.78, 5) is 0. The van der Waals surface area contributed by atoms with Gasteiger partial charge in [-0.25, -0.2) is 0 Å². The van der Waals surface area contributed by atoms with Gasteiger partial charge in [-0.2, -0.15) is 0 Å². The van der Waals surface area contributed by atoms with Crippen LogP contribution in [0.4, 0.5) is 0 Å². The fourth-order valence-corrected chi connectivity index (χ4v) is 0.0962. The second-order valence-corrected chi connectivity index (χ2v) is 1.14. The van der Waals surface area contributed by atoms with Crippen LogP contribution in [0, 0.1) is 0 Å². The van der Waals surface area contributed by atoms with E-state index in [0.717, 1.165) is 6.61 Å². The van der Waals surface area contributed by atoms with Gasteiger partial charge in [0.2, 0.25) is 0 Å². The Morgan fingerprint density at radius 3 is 2.00 bits per heavy atom. The first-order valence-corrected chi connectivity index (χ1v) is 1.51. The van der Waals surface area contributed by atoms with Gasteiger partial charge in [0.05, 0.1) is 12.7 Å². The summed E-state index contributed by atoms with van der Waals surface area (Å²) in [5.74, 6) is 0. The van der Waals surface area contributed by atoms with Gasteiger partial charge in [-0.3, -0.25) is 0 Å². The Balaban J connectivity index is 0.000000160. The number of ether oxygens (including phenoxy) is 1. The molecular weight excluding hydrogens is 261 g/mol. The topological polar surface area (TPSA) is 12.5 Å². The zero-order chi connectivity index (χ0) is 2.99. The first kappa shape index (κ1) is 5.86. The molecule has 32 valence electrons. The first-order valence-electron chi connectivity index (χ1n) is 1.51. The molecule has 0 spiro atoms. The van der Waals surface area contributed by atoms with Gasteiger partial charge in [-0.15, -0.1) is 0 Å². The molecule has 2 heteroatoms. The van der Waals surface area contributed by atoms with Gasteiger partial charge < -0.3 is 4.74 Å². The predicted molar refractivity (Wildman–Crippen MR) is 24.0 cm³/mol. The van der Waals surface area contributed by atoms with E-state index in [-0.39, 0.29) is 26.6 Å². The average molecular weight is 269 g/mol. The molecule has 0 bridgehead atoms. The molecule has 0 aromatic carbocycles. The Morgan fingerprint density at radius 2 is 2.00 bits per heavy atom. The van der Waals surface area contributed by atoms with Gasteiger partial charge in [0.1, 0.15) is 0 Å². The Hall–Kier alpha value is 0.856. The third kappa shape index (κ3) is 2.66. The molecule has 0 N–H and O–H groups in total. The molecule has 0 aromatic rings. The minimum atomic E-state index is 0. The van der Waals surface area contributed by atoms with Gasteiger partial charge in [-0.1, -0.05) is 0 Å². The van der Waals surface area contributed by atoms with Crippen LogP contribution in [-0.4, -0.2) is 39.3 Å². The fourth-order valence-electron chi connectivity index (χ4n) is 0.0962. The average Bonchev–Trinajstić information content (AvgIpc) is 1.75. The molecule has 1 aliphatic rings. The number of epoxide rings is 1. The standard InChI is InChI=1S/C3H6O.Po.2H/c1-3-2-4-3;;;/h3H,2H2,1H3;;;. The first-order chi connectivity index (χ1) is 1.89. The van der Waals surface area contributed by atoms with Crippen LogP contribution in [0.3, 0.4) is 0 Å². The van der Waals surface area contributed by atoms with Gasteiger partial charge in [-0.05, 0) is 6.92 Å². The van der Waals surface area contributed by atoms with E-state index in [1.807, 2.05) is 0 Å². The molecule has 1 heterocycles. The Kier molecular flexibility index (Phi) is 2.47. The van der Waals surface area contributed by atoms with E-state index >= 15 is 0 Å². The minimum absolute atomic E-state index is 0. The molecule has 1 nitrogen and oxygen atoms in total. The molecule has 1 aliphatic heterocycles. The summed E-state index contributed by atoms with van der Waals surface area (Å²) in [7, 11) is 0. The number of rotatable bonds is 0. The van der Waals surface area contributed by atoms with Crippen LogP contribution in [0.1, 0.15) is 6.92 Å². The van der Waals surface area contributed by atoms with E-state index in [1.165, 1.54) is 0 Å². The van der Waals surface area contributed by atoms with Crippen LogP contribution in [0.15, 0.2) is 0 Å². The van der Waals surface area contributed by atoms with Crippen molar-refractivity contribution in [2.45, 2.75) is 13.0 Å². The molecule has 1 unspecified atom stereocenters.